The van der Waals surface area contributed by atoms with Gasteiger partial charge in [0.25, 0.3) is 0 Å². The largest absolute Gasteiger partial charge is 1.00 e. The van der Waals surface area contributed by atoms with Gasteiger partial charge in [-0.05, 0) is 11.8 Å². The van der Waals surface area contributed by atoms with Crippen molar-refractivity contribution in [3.8, 4) is 0 Å². The Morgan fingerprint density at radius 2 is 1.00 bits per heavy atom. The summed E-state index contributed by atoms with van der Waals surface area (Å²) in [6.45, 7) is 9.87. The maximum absolute atomic E-state index is 5.82. The van der Waals surface area contributed by atoms with E-state index in [4.69, 9.17) is 57.2 Å². The first-order valence-electron chi connectivity index (χ1n) is 7.58. The Balaban J connectivity index is -0.00000200. The van der Waals surface area contributed by atoms with E-state index < -0.39 is 10.9 Å². The Kier molecular flexibility index (Phi) is 23.1. The predicted octanol–water partition coefficient (Wildman–Crippen LogP) is -0.430. The minimum absolute atomic E-state index is 0. The van der Waals surface area contributed by atoms with Crippen LogP contribution in [0.1, 0.15) is 53.4 Å². The molecule has 0 rings (SSSR count). The van der Waals surface area contributed by atoms with Crippen molar-refractivity contribution < 1.29 is 68.2 Å². The van der Waals surface area contributed by atoms with Gasteiger partial charge in [0.05, 0.1) is 13.2 Å². The Morgan fingerprint density at radius 1 is 0.739 bits per heavy atom. The van der Waals surface area contributed by atoms with Crippen molar-refractivity contribution in [3.05, 3.63) is 0 Å². The van der Waals surface area contributed by atoms with Crippen LogP contribution in [0.5, 0.6) is 0 Å². The zero-order valence-electron chi connectivity index (χ0n) is 15.4. The number of rotatable bonds is 12. The summed E-state index contributed by atoms with van der Waals surface area (Å²) in [5.74, 6) is 1.45. The first-order valence-corrected chi connectivity index (χ1v) is 15.4. The molecule has 0 aromatic carbocycles. The summed E-state index contributed by atoms with van der Waals surface area (Å²) in [5.41, 5.74) is -4.68. The molecule has 0 fully saturated rings. The van der Waals surface area contributed by atoms with Crippen LogP contribution in [-0.2, 0) is 57.2 Å². The van der Waals surface area contributed by atoms with Gasteiger partial charge in [-0.15, -0.1) is 0 Å². The van der Waals surface area contributed by atoms with E-state index in [2.05, 4.69) is 27.7 Å². The van der Waals surface area contributed by atoms with Gasteiger partial charge < -0.3 is 33.5 Å². The Hall–Kier alpha value is 3.92. The fourth-order valence-electron chi connectivity index (χ4n) is 1.78. The van der Waals surface area contributed by atoms with Gasteiger partial charge in [-0.1, -0.05) is 87.9 Å². The molecule has 0 aliphatic rings. The van der Waals surface area contributed by atoms with Gasteiger partial charge in [-0.2, -0.15) is 0 Å². The van der Waals surface area contributed by atoms with Crippen molar-refractivity contribution in [1.82, 2.24) is 0 Å². The molecule has 0 aliphatic heterocycles. The molecule has 0 radical (unpaired) electrons. The van der Waals surface area contributed by atoms with Crippen LogP contribution in [0.3, 0.4) is 0 Å². The minimum Gasteiger partial charge on any atom is -0.719 e. The summed E-state index contributed by atoms with van der Waals surface area (Å²) in [6.07, 6.45) is 4.31. The van der Waals surface area contributed by atoms with Gasteiger partial charge in [0, 0.05) is 5.90 Å². The van der Waals surface area contributed by atoms with Crippen LogP contribution in [0.25, 0.3) is 0 Å². The SMILES string of the molecule is CCC(CC)COP(=S)([S-])CP(=S)([S-])OCC(CC)CC.[Na+].[Na+]. The normalized spacial score (nSPS) is 16.3. The predicted molar refractivity (Wildman–Crippen MR) is 108 cm³/mol. The molecule has 2 unspecified atom stereocenters. The van der Waals surface area contributed by atoms with Gasteiger partial charge in [0.15, 0.2) is 0 Å². The van der Waals surface area contributed by atoms with E-state index in [0.717, 1.165) is 25.7 Å². The molecule has 0 saturated carbocycles. The molecule has 0 aromatic rings. The standard InChI is InChI=1S/C13H30O2P2S4.2Na/c1-5-12(6-2)9-14-16(18,19)11-17(20,21)15-10-13(7-3)8-4;;/h12-13H,5-11H2,1-4H3,(H,18,19)(H,20,21);;/q;2*+1/p-2. The topological polar surface area (TPSA) is 18.5 Å². The van der Waals surface area contributed by atoms with Crippen LogP contribution in [0, 0.1) is 11.8 Å². The molecule has 0 N–H and O–H groups in total. The van der Waals surface area contributed by atoms with Crippen LogP contribution in [-0.4, -0.2) is 19.1 Å². The molecule has 23 heavy (non-hydrogen) atoms. The number of hydrogen-bond acceptors (Lipinski definition) is 6. The molecular weight excluding hydrogens is 424 g/mol. The van der Waals surface area contributed by atoms with E-state index in [1.807, 2.05) is 0 Å². The molecule has 0 heterocycles. The molecule has 0 amide bonds. The van der Waals surface area contributed by atoms with Crippen LogP contribution in [0.4, 0.5) is 0 Å². The Labute approximate surface area is 208 Å². The van der Waals surface area contributed by atoms with Crippen molar-refractivity contribution in [2.45, 2.75) is 53.4 Å². The fourth-order valence-corrected chi connectivity index (χ4v) is 14.2. The van der Waals surface area contributed by atoms with Crippen LogP contribution in [0.2, 0.25) is 0 Å². The smallest absolute Gasteiger partial charge is 0.719 e. The molecule has 0 aromatic heterocycles. The molecule has 0 saturated heterocycles. The van der Waals surface area contributed by atoms with Crippen molar-refractivity contribution in [2.75, 3.05) is 19.1 Å². The van der Waals surface area contributed by atoms with Crippen LogP contribution >= 0.6 is 10.9 Å². The van der Waals surface area contributed by atoms with Crippen molar-refractivity contribution in [3.63, 3.8) is 0 Å². The second kappa shape index (κ2) is 16.8. The first-order chi connectivity index (χ1) is 9.69. The minimum atomic E-state index is -2.34. The zero-order valence-corrected chi connectivity index (χ0v) is 24.5. The van der Waals surface area contributed by atoms with Crippen molar-refractivity contribution >= 4 is 59.0 Å². The molecule has 2 atom stereocenters. The zero-order chi connectivity index (χ0) is 16.5. The summed E-state index contributed by atoms with van der Waals surface area (Å²) in [7, 11) is 0. The summed E-state index contributed by atoms with van der Waals surface area (Å²) < 4.78 is 11.6. The van der Waals surface area contributed by atoms with Gasteiger partial charge in [0.1, 0.15) is 0 Å². The van der Waals surface area contributed by atoms with Gasteiger partial charge >= 0.3 is 59.1 Å². The van der Waals surface area contributed by atoms with E-state index in [1.54, 1.807) is 0 Å². The van der Waals surface area contributed by atoms with Crippen LogP contribution < -0.4 is 59.1 Å². The van der Waals surface area contributed by atoms with Gasteiger partial charge in [-0.3, -0.25) is 0 Å². The van der Waals surface area contributed by atoms with Gasteiger partial charge in [-0.25, -0.2) is 0 Å². The Bertz CT molecular complexity index is 347. The second-order valence-corrected chi connectivity index (χ2v) is 17.9. The number of hydrogen-bond donors (Lipinski definition) is 0. The summed E-state index contributed by atoms with van der Waals surface area (Å²) in [4.78, 5) is 0. The average molecular weight is 453 g/mol. The molecule has 2 nitrogen and oxygen atoms in total. The maximum Gasteiger partial charge on any atom is 1.00 e. The molecule has 0 bridgehead atoms. The van der Waals surface area contributed by atoms with E-state index >= 15 is 0 Å². The van der Waals surface area contributed by atoms with Crippen LogP contribution in [0.15, 0.2) is 0 Å². The van der Waals surface area contributed by atoms with E-state index in [0.29, 0.717) is 31.0 Å². The van der Waals surface area contributed by atoms with E-state index in [1.165, 1.54) is 0 Å². The molecule has 128 valence electrons. The molecule has 10 heteroatoms. The third-order valence-electron chi connectivity index (χ3n) is 3.67. The van der Waals surface area contributed by atoms with Gasteiger partial charge in [0.2, 0.25) is 0 Å². The van der Waals surface area contributed by atoms with E-state index in [9.17, 15) is 0 Å². The molecular formula is C13H28Na2O2P2S4. The third kappa shape index (κ3) is 16.6. The third-order valence-corrected chi connectivity index (χ3v) is 12.9. The summed E-state index contributed by atoms with van der Waals surface area (Å²) in [6, 6.07) is 0. The fraction of sp³-hybridized carbons (Fsp3) is 1.00. The Morgan fingerprint density at radius 3 is 1.22 bits per heavy atom. The molecule has 0 aliphatic carbocycles. The van der Waals surface area contributed by atoms with E-state index in [-0.39, 0.29) is 59.1 Å². The second-order valence-electron chi connectivity index (χ2n) is 5.32. The quantitative estimate of drug-likeness (QED) is 0.226. The first kappa shape index (κ1) is 31.6. The summed E-state index contributed by atoms with van der Waals surface area (Å²) >= 11 is 21.8. The maximum atomic E-state index is 5.82. The average Bonchev–Trinajstić information content (AvgIpc) is 2.39. The monoisotopic (exact) mass is 452 g/mol. The summed E-state index contributed by atoms with van der Waals surface area (Å²) in [5, 5.41) is 0. The van der Waals surface area contributed by atoms with Crippen molar-refractivity contribution in [2.24, 2.45) is 11.8 Å². The van der Waals surface area contributed by atoms with Crippen molar-refractivity contribution in [1.29, 1.82) is 0 Å². The molecule has 0 spiro atoms.